The van der Waals surface area contributed by atoms with E-state index < -0.39 is 11.7 Å². The number of halogens is 1. The first-order chi connectivity index (χ1) is 13.6. The number of fused-ring (bicyclic) bond motifs is 1. The van der Waals surface area contributed by atoms with Crippen molar-refractivity contribution in [2.75, 3.05) is 0 Å². The van der Waals surface area contributed by atoms with Crippen molar-refractivity contribution in [3.8, 4) is 11.8 Å². The van der Waals surface area contributed by atoms with Gasteiger partial charge in [-0.05, 0) is 48.5 Å². The Morgan fingerprint density at radius 3 is 2.64 bits per heavy atom. The average Bonchev–Trinajstić information content (AvgIpc) is 3.35. The van der Waals surface area contributed by atoms with E-state index in [-0.39, 0.29) is 18.3 Å². The van der Waals surface area contributed by atoms with Gasteiger partial charge in [0.25, 0.3) is 0 Å². The van der Waals surface area contributed by atoms with Crippen LogP contribution in [0.3, 0.4) is 0 Å². The molecule has 6 nitrogen and oxygen atoms in total. The molecule has 0 spiro atoms. The zero-order valence-electron chi connectivity index (χ0n) is 14.5. The predicted molar refractivity (Wildman–Crippen MR) is 104 cm³/mol. The monoisotopic (exact) mass is 436 g/mol. The number of aromatic nitrogens is 1. The molecule has 1 unspecified atom stereocenters. The smallest absolute Gasteiger partial charge is 0.224 e. The molecule has 138 valence electrons. The number of ether oxygens (including phenoxy) is 1. The Morgan fingerprint density at radius 1 is 1.11 bits per heavy atom. The Bertz CT molecular complexity index is 1140. The van der Waals surface area contributed by atoms with Crippen LogP contribution in [0.4, 0.5) is 0 Å². The van der Waals surface area contributed by atoms with Crippen molar-refractivity contribution in [2.45, 2.75) is 12.5 Å². The molecule has 0 aliphatic carbocycles. The van der Waals surface area contributed by atoms with E-state index in [9.17, 15) is 10.1 Å². The second-order valence-corrected chi connectivity index (χ2v) is 6.87. The van der Waals surface area contributed by atoms with Crippen LogP contribution in [-0.4, -0.2) is 10.8 Å². The Balaban J connectivity index is 1.49. The zero-order chi connectivity index (χ0) is 19.5. The molecule has 0 bridgehead atoms. The van der Waals surface area contributed by atoms with Gasteiger partial charge in [0.1, 0.15) is 23.6 Å². The standard InChI is InChI=1S/C21H13BrN2O4/c22-13-5-7-14(8-6-13)26-12-15-9-10-19(27-15)20(25)16(11-23)21-24-17-3-1-2-4-18(17)28-21/h1-10,16H,12H2. The zero-order valence-corrected chi connectivity index (χ0v) is 16.0. The SMILES string of the molecule is N#CC(C(=O)c1ccc(COc2ccc(Br)cc2)o1)c1nc2ccccc2o1. The van der Waals surface area contributed by atoms with Crippen molar-refractivity contribution in [3.63, 3.8) is 0 Å². The highest BCUT2D eigenvalue weighted by Gasteiger charge is 2.29. The van der Waals surface area contributed by atoms with E-state index in [0.29, 0.717) is 22.6 Å². The third-order valence-corrected chi connectivity index (χ3v) is 4.58. The number of carbonyl (C=O) groups is 1. The molecule has 0 N–H and O–H groups in total. The van der Waals surface area contributed by atoms with Gasteiger partial charge in [-0.15, -0.1) is 0 Å². The van der Waals surface area contributed by atoms with E-state index >= 15 is 0 Å². The predicted octanol–water partition coefficient (Wildman–Crippen LogP) is 5.25. The van der Waals surface area contributed by atoms with Crippen LogP contribution in [0.1, 0.15) is 28.1 Å². The van der Waals surface area contributed by atoms with Gasteiger partial charge in [-0.1, -0.05) is 28.1 Å². The first-order valence-electron chi connectivity index (χ1n) is 8.40. The van der Waals surface area contributed by atoms with Crippen LogP contribution in [-0.2, 0) is 6.61 Å². The fraction of sp³-hybridized carbons (Fsp3) is 0.0952. The molecule has 4 rings (SSSR count). The molecule has 0 saturated carbocycles. The first kappa shape index (κ1) is 18.0. The van der Waals surface area contributed by atoms with E-state index in [2.05, 4.69) is 20.9 Å². The summed E-state index contributed by atoms with van der Waals surface area (Å²) in [6.07, 6.45) is 0. The van der Waals surface area contributed by atoms with Crippen molar-refractivity contribution in [1.82, 2.24) is 4.98 Å². The van der Waals surface area contributed by atoms with Crippen LogP contribution < -0.4 is 4.74 Å². The number of carbonyl (C=O) groups excluding carboxylic acids is 1. The summed E-state index contributed by atoms with van der Waals surface area (Å²) in [5.74, 6) is -0.432. The van der Waals surface area contributed by atoms with E-state index in [1.807, 2.05) is 36.4 Å². The van der Waals surface area contributed by atoms with Gasteiger partial charge < -0.3 is 13.6 Å². The van der Waals surface area contributed by atoms with E-state index in [1.54, 1.807) is 24.3 Å². The van der Waals surface area contributed by atoms with Crippen LogP contribution >= 0.6 is 15.9 Å². The summed E-state index contributed by atoms with van der Waals surface area (Å²) >= 11 is 3.36. The van der Waals surface area contributed by atoms with Crippen molar-refractivity contribution in [1.29, 1.82) is 5.26 Å². The van der Waals surface area contributed by atoms with Gasteiger partial charge in [-0.25, -0.2) is 4.98 Å². The van der Waals surface area contributed by atoms with Crippen LogP contribution in [0.15, 0.2) is 74.0 Å². The number of nitrogens with zero attached hydrogens (tertiary/aromatic N) is 2. The number of nitriles is 1. The molecule has 0 saturated heterocycles. The second kappa shape index (κ2) is 7.71. The number of benzene rings is 2. The van der Waals surface area contributed by atoms with Crippen LogP contribution in [0.25, 0.3) is 11.1 Å². The normalized spacial score (nSPS) is 11.9. The molecule has 0 radical (unpaired) electrons. The van der Waals surface area contributed by atoms with Crippen LogP contribution in [0.5, 0.6) is 5.75 Å². The highest BCUT2D eigenvalue weighted by atomic mass is 79.9. The number of ketones is 1. The maximum atomic E-state index is 12.7. The molecule has 7 heteroatoms. The number of hydrogen-bond donors (Lipinski definition) is 0. The molecule has 4 aromatic rings. The minimum Gasteiger partial charge on any atom is -0.486 e. The van der Waals surface area contributed by atoms with Crippen molar-refractivity contribution >= 4 is 32.8 Å². The highest BCUT2D eigenvalue weighted by Crippen LogP contribution is 2.25. The largest absolute Gasteiger partial charge is 0.486 e. The molecule has 0 fully saturated rings. The van der Waals surface area contributed by atoms with Gasteiger partial charge in [-0.2, -0.15) is 5.26 Å². The minimum atomic E-state index is -1.18. The Morgan fingerprint density at radius 2 is 1.89 bits per heavy atom. The molecule has 28 heavy (non-hydrogen) atoms. The topological polar surface area (TPSA) is 89.3 Å². The first-order valence-corrected chi connectivity index (χ1v) is 9.20. The number of oxazole rings is 1. The minimum absolute atomic E-state index is 0.0535. The lowest BCUT2D eigenvalue weighted by molar-refractivity contribution is 0.0939. The van der Waals surface area contributed by atoms with E-state index in [1.165, 1.54) is 6.07 Å². The Kier molecular flexibility index (Phi) is 4.96. The van der Waals surface area contributed by atoms with Crippen molar-refractivity contribution in [2.24, 2.45) is 0 Å². The summed E-state index contributed by atoms with van der Waals surface area (Å²) < 4.78 is 17.7. The molecule has 2 aromatic heterocycles. The van der Waals surface area contributed by atoms with Crippen molar-refractivity contribution < 1.29 is 18.4 Å². The van der Waals surface area contributed by atoms with Crippen LogP contribution in [0, 0.1) is 11.3 Å². The summed E-state index contributed by atoms with van der Waals surface area (Å²) in [7, 11) is 0. The van der Waals surface area contributed by atoms with E-state index in [0.717, 1.165) is 4.47 Å². The molecule has 0 aliphatic rings. The summed E-state index contributed by atoms with van der Waals surface area (Å²) in [6.45, 7) is 0.162. The van der Waals surface area contributed by atoms with Gasteiger partial charge >= 0.3 is 0 Å². The van der Waals surface area contributed by atoms with Gasteiger partial charge in [0, 0.05) is 4.47 Å². The molecular formula is C21H13BrN2O4. The van der Waals surface area contributed by atoms with Gasteiger partial charge in [-0.3, -0.25) is 4.79 Å². The lowest BCUT2D eigenvalue weighted by Gasteiger charge is -2.04. The Labute approximate surface area is 168 Å². The molecule has 0 amide bonds. The summed E-state index contributed by atoms with van der Waals surface area (Å²) in [5.41, 5.74) is 1.11. The number of furan rings is 1. The number of Topliss-reactive ketones (excluding diaryl/α,β-unsaturated/α-hetero) is 1. The average molecular weight is 437 g/mol. The van der Waals surface area contributed by atoms with Crippen molar-refractivity contribution in [3.05, 3.63) is 82.5 Å². The van der Waals surface area contributed by atoms with Gasteiger partial charge in [0.15, 0.2) is 17.3 Å². The quantitative estimate of drug-likeness (QED) is 0.383. The summed E-state index contributed by atoms with van der Waals surface area (Å²) in [6, 6.07) is 19.6. The third-order valence-electron chi connectivity index (χ3n) is 4.05. The lowest BCUT2D eigenvalue weighted by Crippen LogP contribution is -2.10. The van der Waals surface area contributed by atoms with Gasteiger partial charge in [0.05, 0.1) is 6.07 Å². The molecule has 2 heterocycles. The second-order valence-electron chi connectivity index (χ2n) is 5.95. The fourth-order valence-corrected chi connectivity index (χ4v) is 2.92. The molecule has 1 atom stereocenters. The Hall–Kier alpha value is -3.37. The maximum absolute atomic E-state index is 12.7. The number of hydrogen-bond acceptors (Lipinski definition) is 6. The molecule has 2 aromatic carbocycles. The fourth-order valence-electron chi connectivity index (χ4n) is 2.65. The maximum Gasteiger partial charge on any atom is 0.224 e. The molecule has 0 aliphatic heterocycles. The summed E-state index contributed by atoms with van der Waals surface area (Å²) in [5, 5.41) is 9.48. The van der Waals surface area contributed by atoms with Crippen LogP contribution in [0.2, 0.25) is 0 Å². The number of rotatable bonds is 6. The van der Waals surface area contributed by atoms with E-state index in [4.69, 9.17) is 13.6 Å². The van der Waals surface area contributed by atoms with Gasteiger partial charge in [0.2, 0.25) is 11.7 Å². The summed E-state index contributed by atoms with van der Waals surface area (Å²) in [4.78, 5) is 17.0. The highest BCUT2D eigenvalue weighted by molar-refractivity contribution is 9.10. The lowest BCUT2D eigenvalue weighted by atomic mass is 10.0. The third kappa shape index (κ3) is 3.68. The number of para-hydroxylation sites is 2. The molecular weight excluding hydrogens is 424 g/mol.